The molecule has 4 heteroatoms. The molecule has 0 aliphatic rings. The van der Waals surface area contributed by atoms with Gasteiger partial charge in [0.2, 0.25) is 0 Å². The van der Waals surface area contributed by atoms with Crippen molar-refractivity contribution < 1.29 is 4.92 Å². The standard InChI is InChI=1S/C9H8N2O2.C2H6/c1-10-6-5-7-8(10)3-2-4-9(7)11(12)13;1-2/h2-6H,1H3;1-2H3. The molecule has 0 atom stereocenters. The van der Waals surface area contributed by atoms with Crippen LogP contribution in [0, 0.1) is 10.1 Å². The SMILES string of the molecule is CC.Cn1ccc2c([N+](=O)[O-])cccc21. The highest BCUT2D eigenvalue weighted by Crippen LogP contribution is 2.25. The summed E-state index contributed by atoms with van der Waals surface area (Å²) in [6, 6.07) is 6.83. The Morgan fingerprint density at radius 2 is 1.93 bits per heavy atom. The fourth-order valence-electron chi connectivity index (χ4n) is 1.45. The van der Waals surface area contributed by atoms with E-state index in [0.29, 0.717) is 5.39 Å². The van der Waals surface area contributed by atoms with Crippen LogP contribution in [0.15, 0.2) is 30.5 Å². The van der Waals surface area contributed by atoms with Gasteiger partial charge in [-0.15, -0.1) is 0 Å². The summed E-state index contributed by atoms with van der Waals surface area (Å²) in [7, 11) is 1.87. The minimum atomic E-state index is -0.359. The third-order valence-electron chi connectivity index (χ3n) is 2.10. The van der Waals surface area contributed by atoms with Crippen LogP contribution in [0.1, 0.15) is 13.8 Å². The van der Waals surface area contributed by atoms with Crippen LogP contribution in [-0.2, 0) is 7.05 Å². The van der Waals surface area contributed by atoms with Gasteiger partial charge >= 0.3 is 0 Å². The summed E-state index contributed by atoms with van der Waals surface area (Å²) < 4.78 is 1.86. The summed E-state index contributed by atoms with van der Waals surface area (Å²) in [6.07, 6.45) is 1.82. The normalized spacial score (nSPS) is 9.53. The highest BCUT2D eigenvalue weighted by Gasteiger charge is 2.11. The molecule has 0 spiro atoms. The van der Waals surface area contributed by atoms with Crippen LogP contribution in [0.4, 0.5) is 5.69 Å². The van der Waals surface area contributed by atoms with Crippen molar-refractivity contribution in [2.75, 3.05) is 0 Å². The van der Waals surface area contributed by atoms with Crippen molar-refractivity contribution in [2.45, 2.75) is 13.8 Å². The minimum Gasteiger partial charge on any atom is -0.350 e. The Morgan fingerprint density at radius 1 is 1.27 bits per heavy atom. The summed E-state index contributed by atoms with van der Waals surface area (Å²) in [5, 5.41) is 11.3. The highest BCUT2D eigenvalue weighted by atomic mass is 16.6. The van der Waals surface area contributed by atoms with E-state index in [2.05, 4.69) is 0 Å². The largest absolute Gasteiger partial charge is 0.350 e. The second-order valence-corrected chi connectivity index (χ2v) is 2.89. The summed E-state index contributed by atoms with van der Waals surface area (Å²) >= 11 is 0. The van der Waals surface area contributed by atoms with Crippen molar-refractivity contribution in [3.63, 3.8) is 0 Å². The topological polar surface area (TPSA) is 48.1 Å². The van der Waals surface area contributed by atoms with Crippen LogP contribution >= 0.6 is 0 Å². The predicted molar refractivity (Wildman–Crippen MR) is 60.9 cm³/mol. The lowest BCUT2D eigenvalue weighted by Crippen LogP contribution is -1.89. The molecule has 0 fully saturated rings. The summed E-state index contributed by atoms with van der Waals surface area (Å²) in [4.78, 5) is 10.3. The van der Waals surface area contributed by atoms with Crippen LogP contribution in [0.25, 0.3) is 10.9 Å². The number of nitrogens with zero attached hydrogens (tertiary/aromatic N) is 2. The van der Waals surface area contributed by atoms with E-state index in [1.165, 1.54) is 6.07 Å². The second-order valence-electron chi connectivity index (χ2n) is 2.89. The molecule has 4 nitrogen and oxygen atoms in total. The Kier molecular flexibility index (Phi) is 3.44. The molecular weight excluding hydrogens is 192 g/mol. The van der Waals surface area contributed by atoms with Crippen molar-refractivity contribution >= 4 is 16.6 Å². The zero-order valence-corrected chi connectivity index (χ0v) is 9.10. The van der Waals surface area contributed by atoms with E-state index in [0.717, 1.165) is 5.52 Å². The van der Waals surface area contributed by atoms with E-state index in [1.54, 1.807) is 12.1 Å². The van der Waals surface area contributed by atoms with Crippen molar-refractivity contribution in [1.29, 1.82) is 0 Å². The van der Waals surface area contributed by atoms with Gasteiger partial charge in [0.1, 0.15) is 0 Å². The van der Waals surface area contributed by atoms with Crippen LogP contribution in [0.2, 0.25) is 0 Å². The maximum atomic E-state index is 10.6. The van der Waals surface area contributed by atoms with Crippen LogP contribution in [0.5, 0.6) is 0 Å². The Morgan fingerprint density at radius 3 is 2.53 bits per heavy atom. The number of aryl methyl sites for hydroxylation is 1. The van der Waals surface area contributed by atoms with Gasteiger partial charge in [-0.1, -0.05) is 19.9 Å². The van der Waals surface area contributed by atoms with E-state index < -0.39 is 0 Å². The molecular formula is C11H14N2O2. The monoisotopic (exact) mass is 206 g/mol. The van der Waals surface area contributed by atoms with Crippen molar-refractivity contribution in [3.05, 3.63) is 40.6 Å². The number of benzene rings is 1. The molecule has 1 aromatic heterocycles. The number of nitro groups is 1. The molecule has 0 radical (unpaired) electrons. The zero-order chi connectivity index (χ0) is 11.4. The molecule has 0 bridgehead atoms. The van der Waals surface area contributed by atoms with Gasteiger partial charge < -0.3 is 4.57 Å². The first-order valence-corrected chi connectivity index (χ1v) is 4.88. The Balaban J connectivity index is 0.000000531. The van der Waals surface area contributed by atoms with Crippen molar-refractivity contribution in [1.82, 2.24) is 4.57 Å². The maximum Gasteiger partial charge on any atom is 0.278 e. The molecule has 1 heterocycles. The van der Waals surface area contributed by atoms with Crippen molar-refractivity contribution in [2.24, 2.45) is 7.05 Å². The first kappa shape index (κ1) is 11.2. The average Bonchev–Trinajstić information content (AvgIpc) is 2.63. The lowest BCUT2D eigenvalue weighted by molar-refractivity contribution is -0.383. The van der Waals surface area contributed by atoms with Crippen LogP contribution in [-0.4, -0.2) is 9.49 Å². The maximum absolute atomic E-state index is 10.6. The van der Waals surface area contributed by atoms with E-state index >= 15 is 0 Å². The number of aromatic nitrogens is 1. The molecule has 2 rings (SSSR count). The molecule has 0 N–H and O–H groups in total. The first-order valence-electron chi connectivity index (χ1n) is 4.88. The molecule has 1 aromatic carbocycles. The van der Waals surface area contributed by atoms with Crippen LogP contribution in [0.3, 0.4) is 0 Å². The van der Waals surface area contributed by atoms with Gasteiger partial charge in [0.15, 0.2) is 0 Å². The molecule has 80 valence electrons. The zero-order valence-electron chi connectivity index (χ0n) is 9.10. The molecule has 2 aromatic rings. The quantitative estimate of drug-likeness (QED) is 0.531. The van der Waals surface area contributed by atoms with Gasteiger partial charge in [-0.2, -0.15) is 0 Å². The van der Waals surface area contributed by atoms with Gasteiger partial charge in [-0.3, -0.25) is 10.1 Å². The van der Waals surface area contributed by atoms with Gasteiger partial charge in [0.25, 0.3) is 5.69 Å². The number of hydrogen-bond donors (Lipinski definition) is 0. The van der Waals surface area contributed by atoms with E-state index in [9.17, 15) is 10.1 Å². The molecule has 0 unspecified atom stereocenters. The highest BCUT2D eigenvalue weighted by molar-refractivity contribution is 5.88. The van der Waals surface area contributed by atoms with Gasteiger partial charge in [-0.25, -0.2) is 0 Å². The number of rotatable bonds is 1. The molecule has 0 aliphatic carbocycles. The second kappa shape index (κ2) is 4.59. The van der Waals surface area contributed by atoms with Gasteiger partial charge in [0, 0.05) is 19.3 Å². The third kappa shape index (κ3) is 1.98. The lowest BCUT2D eigenvalue weighted by atomic mass is 10.2. The van der Waals surface area contributed by atoms with Gasteiger partial charge in [0.05, 0.1) is 15.8 Å². The molecule has 0 saturated carbocycles. The molecule has 0 aliphatic heterocycles. The van der Waals surface area contributed by atoms with Crippen LogP contribution < -0.4 is 0 Å². The molecule has 0 amide bonds. The Hall–Kier alpha value is -1.84. The number of nitro benzene ring substituents is 1. The number of hydrogen-bond acceptors (Lipinski definition) is 2. The predicted octanol–water partition coefficient (Wildman–Crippen LogP) is 3.11. The van der Waals surface area contributed by atoms with E-state index in [4.69, 9.17) is 0 Å². The minimum absolute atomic E-state index is 0.165. The number of fused-ring (bicyclic) bond motifs is 1. The van der Waals surface area contributed by atoms with Gasteiger partial charge in [-0.05, 0) is 12.1 Å². The fourth-order valence-corrected chi connectivity index (χ4v) is 1.45. The molecule has 0 saturated heterocycles. The summed E-state index contributed by atoms with van der Waals surface area (Å²) in [5.41, 5.74) is 1.05. The summed E-state index contributed by atoms with van der Waals surface area (Å²) in [5.74, 6) is 0. The number of non-ortho nitro benzene ring substituents is 1. The van der Waals surface area contributed by atoms with E-state index in [-0.39, 0.29) is 10.6 Å². The Bertz CT molecular complexity index is 474. The fraction of sp³-hybridized carbons (Fsp3) is 0.273. The third-order valence-corrected chi connectivity index (χ3v) is 2.10. The molecule has 15 heavy (non-hydrogen) atoms. The van der Waals surface area contributed by atoms with Crippen molar-refractivity contribution in [3.8, 4) is 0 Å². The van der Waals surface area contributed by atoms with E-state index in [1.807, 2.05) is 37.7 Å². The first-order chi connectivity index (χ1) is 7.20. The lowest BCUT2D eigenvalue weighted by Gasteiger charge is -1.95. The Labute approximate surface area is 88.3 Å². The smallest absolute Gasteiger partial charge is 0.278 e. The summed E-state index contributed by atoms with van der Waals surface area (Å²) in [6.45, 7) is 4.00. The average molecular weight is 206 g/mol.